The number of nitrogens with one attached hydrogen (secondary N) is 1. The smallest absolute Gasteiger partial charge is 0.335 e. The number of imide groups is 2. The number of aryl methyl sites for hydroxylation is 1. The number of rotatable bonds is 5. The van der Waals surface area contributed by atoms with Crippen molar-refractivity contribution in [3.05, 3.63) is 96.9 Å². The average molecular weight is 605 g/mol. The molecule has 0 spiro atoms. The number of carbonyl (C=O) groups is 3. The van der Waals surface area contributed by atoms with Crippen LogP contribution in [0.4, 0.5) is 10.5 Å². The largest absolute Gasteiger partial charge is 0.487 e. The molecule has 0 unspecified atom stereocenters. The lowest BCUT2D eigenvalue weighted by Crippen LogP contribution is -2.54. The average Bonchev–Trinajstić information content (AvgIpc) is 2.78. The second kappa shape index (κ2) is 10.1. The number of urea groups is 1. The van der Waals surface area contributed by atoms with E-state index in [1.807, 2.05) is 31.2 Å². The van der Waals surface area contributed by atoms with Crippen molar-refractivity contribution in [3.8, 4) is 5.75 Å². The van der Waals surface area contributed by atoms with Crippen LogP contribution in [-0.4, -0.2) is 17.8 Å². The molecule has 4 rings (SSSR count). The molecule has 0 bridgehead atoms. The van der Waals surface area contributed by atoms with E-state index in [1.165, 1.54) is 12.1 Å². The molecular formula is C25H17Br2ClN2O4. The van der Waals surface area contributed by atoms with Crippen LogP contribution in [0.25, 0.3) is 6.08 Å². The summed E-state index contributed by atoms with van der Waals surface area (Å²) >= 11 is 13.1. The Bertz CT molecular complexity index is 1340. The van der Waals surface area contributed by atoms with Gasteiger partial charge in [0.15, 0.2) is 0 Å². The van der Waals surface area contributed by atoms with E-state index in [4.69, 9.17) is 16.3 Å². The molecule has 0 radical (unpaired) electrons. The number of hydrogen-bond acceptors (Lipinski definition) is 4. The van der Waals surface area contributed by atoms with Crippen LogP contribution in [0.2, 0.25) is 5.02 Å². The van der Waals surface area contributed by atoms with Gasteiger partial charge in [-0.1, -0.05) is 69.5 Å². The van der Waals surface area contributed by atoms with Crippen LogP contribution in [-0.2, 0) is 16.2 Å². The lowest BCUT2D eigenvalue weighted by molar-refractivity contribution is -0.122. The van der Waals surface area contributed by atoms with Crippen LogP contribution in [0, 0.1) is 6.92 Å². The lowest BCUT2D eigenvalue weighted by Gasteiger charge is -2.27. The highest BCUT2D eigenvalue weighted by atomic mass is 79.9. The zero-order valence-corrected chi connectivity index (χ0v) is 21.7. The maximum atomic E-state index is 13.2. The van der Waals surface area contributed by atoms with Crippen molar-refractivity contribution in [3.63, 3.8) is 0 Å². The van der Waals surface area contributed by atoms with Crippen LogP contribution in [0.5, 0.6) is 5.75 Å². The Labute approximate surface area is 217 Å². The molecule has 6 nitrogen and oxygen atoms in total. The highest BCUT2D eigenvalue weighted by molar-refractivity contribution is 9.11. The maximum Gasteiger partial charge on any atom is 0.335 e. The van der Waals surface area contributed by atoms with E-state index in [0.29, 0.717) is 20.3 Å². The molecule has 3 aromatic rings. The zero-order chi connectivity index (χ0) is 24.4. The molecule has 0 saturated carbocycles. The quantitative estimate of drug-likeness (QED) is 0.270. The Kier molecular flexibility index (Phi) is 7.21. The maximum absolute atomic E-state index is 13.2. The number of para-hydroxylation sites is 1. The fraction of sp³-hybridized carbons (Fsp3) is 0.0800. The number of benzene rings is 3. The van der Waals surface area contributed by atoms with E-state index in [0.717, 1.165) is 16.0 Å². The molecule has 9 heteroatoms. The van der Waals surface area contributed by atoms with Gasteiger partial charge in [-0.3, -0.25) is 14.9 Å². The highest BCUT2D eigenvalue weighted by Crippen LogP contribution is 2.36. The summed E-state index contributed by atoms with van der Waals surface area (Å²) in [5.41, 5.74) is 2.51. The highest BCUT2D eigenvalue weighted by Gasteiger charge is 2.37. The number of carbonyl (C=O) groups excluding carboxylic acids is 3. The van der Waals surface area contributed by atoms with Gasteiger partial charge < -0.3 is 4.74 Å². The first-order chi connectivity index (χ1) is 16.2. The minimum atomic E-state index is -0.869. The van der Waals surface area contributed by atoms with Crippen molar-refractivity contribution >= 4 is 73.1 Å². The predicted octanol–water partition coefficient (Wildman–Crippen LogP) is 6.42. The summed E-state index contributed by atoms with van der Waals surface area (Å²) in [6, 6.07) is 17.0. The molecule has 1 saturated heterocycles. The molecule has 1 fully saturated rings. The van der Waals surface area contributed by atoms with Crippen LogP contribution < -0.4 is 15.0 Å². The molecule has 34 heavy (non-hydrogen) atoms. The van der Waals surface area contributed by atoms with E-state index >= 15 is 0 Å². The molecule has 0 atom stereocenters. The van der Waals surface area contributed by atoms with Crippen LogP contribution in [0.15, 0.2) is 75.2 Å². The molecule has 0 aromatic heterocycles. The van der Waals surface area contributed by atoms with Crippen molar-refractivity contribution in [1.29, 1.82) is 0 Å². The molecule has 3 aromatic carbocycles. The van der Waals surface area contributed by atoms with Gasteiger partial charge in [0.1, 0.15) is 17.9 Å². The monoisotopic (exact) mass is 602 g/mol. The second-order valence-corrected chi connectivity index (χ2v) is 9.67. The number of ether oxygens (including phenoxy) is 1. The third-order valence-corrected chi connectivity index (χ3v) is 6.40. The number of nitrogens with zero attached hydrogens (tertiary/aromatic N) is 1. The number of hydrogen-bond donors (Lipinski definition) is 1. The Balaban J connectivity index is 1.72. The van der Waals surface area contributed by atoms with Gasteiger partial charge in [0.2, 0.25) is 0 Å². The van der Waals surface area contributed by atoms with Gasteiger partial charge in [-0.2, -0.15) is 0 Å². The summed E-state index contributed by atoms with van der Waals surface area (Å²) in [6.07, 6.45) is 1.40. The normalized spacial score (nSPS) is 15.0. The van der Waals surface area contributed by atoms with E-state index in [2.05, 4.69) is 37.2 Å². The van der Waals surface area contributed by atoms with Crippen LogP contribution in [0.3, 0.4) is 0 Å². The van der Waals surface area contributed by atoms with Gasteiger partial charge in [0.05, 0.1) is 15.2 Å². The van der Waals surface area contributed by atoms with Crippen molar-refractivity contribution in [2.24, 2.45) is 0 Å². The zero-order valence-electron chi connectivity index (χ0n) is 17.8. The summed E-state index contributed by atoms with van der Waals surface area (Å²) in [5, 5.41) is 2.40. The molecule has 1 aliphatic heterocycles. The minimum absolute atomic E-state index is 0.177. The van der Waals surface area contributed by atoms with Gasteiger partial charge in [-0.25, -0.2) is 9.69 Å². The lowest BCUT2D eigenvalue weighted by atomic mass is 10.1. The molecule has 1 N–H and O–H groups in total. The van der Waals surface area contributed by atoms with E-state index < -0.39 is 17.8 Å². The Morgan fingerprint density at radius 2 is 1.74 bits per heavy atom. The number of amides is 4. The third kappa shape index (κ3) is 5.09. The summed E-state index contributed by atoms with van der Waals surface area (Å²) in [6.45, 7) is 2.28. The van der Waals surface area contributed by atoms with Gasteiger partial charge in [-0.15, -0.1) is 0 Å². The molecule has 1 heterocycles. The van der Waals surface area contributed by atoms with E-state index in [-0.39, 0.29) is 22.9 Å². The third-order valence-electron chi connectivity index (χ3n) is 5.04. The number of anilines is 1. The second-order valence-electron chi connectivity index (χ2n) is 7.49. The first kappa shape index (κ1) is 24.2. The van der Waals surface area contributed by atoms with Crippen molar-refractivity contribution in [1.82, 2.24) is 5.32 Å². The molecule has 1 aliphatic rings. The van der Waals surface area contributed by atoms with Crippen molar-refractivity contribution in [2.45, 2.75) is 13.5 Å². The summed E-state index contributed by atoms with van der Waals surface area (Å²) in [4.78, 5) is 39.2. The summed E-state index contributed by atoms with van der Waals surface area (Å²) in [7, 11) is 0. The van der Waals surface area contributed by atoms with Crippen LogP contribution in [0.1, 0.15) is 16.7 Å². The minimum Gasteiger partial charge on any atom is -0.487 e. The number of barbiturate groups is 1. The molecule has 0 aliphatic carbocycles. The Hall–Kier alpha value is -2.94. The molecule has 4 amide bonds. The summed E-state index contributed by atoms with van der Waals surface area (Å²) in [5.74, 6) is -1.15. The topological polar surface area (TPSA) is 75.7 Å². The van der Waals surface area contributed by atoms with Crippen molar-refractivity contribution in [2.75, 3.05) is 4.90 Å². The first-order valence-corrected chi connectivity index (χ1v) is 12.0. The van der Waals surface area contributed by atoms with E-state index in [9.17, 15) is 14.4 Å². The first-order valence-electron chi connectivity index (χ1n) is 10.1. The standard InChI is InChI=1S/C25H17Br2ClN2O4/c1-14-6-8-15(9-7-14)13-34-22-16(10-17(26)12-19(22)27)11-18-23(31)29-25(33)30(24(18)32)21-5-3-2-4-20(21)28/h2-12H,13H2,1H3,(H,29,31,33)/b18-11+. The van der Waals surface area contributed by atoms with Crippen LogP contribution >= 0.6 is 43.5 Å². The molecular weight excluding hydrogens is 588 g/mol. The Morgan fingerprint density at radius 1 is 1.03 bits per heavy atom. The fourth-order valence-electron chi connectivity index (χ4n) is 3.34. The Morgan fingerprint density at radius 3 is 2.44 bits per heavy atom. The predicted molar refractivity (Wildman–Crippen MR) is 138 cm³/mol. The fourth-order valence-corrected chi connectivity index (χ4v) is 4.94. The summed E-state index contributed by atoms with van der Waals surface area (Å²) < 4.78 is 7.39. The van der Waals surface area contributed by atoms with Gasteiger partial charge in [0.25, 0.3) is 11.8 Å². The van der Waals surface area contributed by atoms with Gasteiger partial charge in [0, 0.05) is 10.0 Å². The number of halogens is 3. The van der Waals surface area contributed by atoms with Gasteiger partial charge in [-0.05, 0) is 58.8 Å². The van der Waals surface area contributed by atoms with E-state index in [1.54, 1.807) is 30.3 Å². The molecule has 172 valence electrons. The SMILES string of the molecule is Cc1ccc(COc2c(Br)cc(Br)cc2/C=C2\C(=O)NC(=O)N(c3ccccc3Cl)C2=O)cc1. The van der Waals surface area contributed by atoms with Gasteiger partial charge >= 0.3 is 6.03 Å². The van der Waals surface area contributed by atoms with Crippen molar-refractivity contribution < 1.29 is 19.1 Å².